The molecule has 0 aromatic rings. The monoisotopic (exact) mass is 68.1 g/mol. The first-order valence-corrected chi connectivity index (χ1v) is 1.45. The maximum absolute atomic E-state index is 6.25. The molecular formula is C4H6N. The lowest BCUT2D eigenvalue weighted by Gasteiger charge is -1.70. The third-order valence-corrected chi connectivity index (χ3v) is 0.224. The topological polar surface area (TPSA) is 4.36 Å². The van der Waals surface area contributed by atoms with E-state index in [1.54, 1.807) is 13.8 Å². The summed E-state index contributed by atoms with van der Waals surface area (Å²) in [5, 5.41) is 0. The van der Waals surface area contributed by atoms with Crippen LogP contribution >= 0.6 is 0 Å². The zero-order valence-electron chi connectivity index (χ0n) is 3.45. The summed E-state index contributed by atoms with van der Waals surface area (Å²) in [5.74, 6) is 0. The fourth-order valence-electron chi connectivity index (χ4n) is 0. The molecule has 0 aromatic heterocycles. The highest BCUT2D eigenvalue weighted by molar-refractivity contribution is 4.86. The van der Waals surface area contributed by atoms with Crippen LogP contribution in [0.5, 0.6) is 0 Å². The summed E-state index contributed by atoms with van der Waals surface area (Å²) in [4.78, 5) is 3.06. The van der Waals surface area contributed by atoms with Gasteiger partial charge < -0.3 is 4.85 Å². The maximum Gasteiger partial charge on any atom is 0.302 e. The van der Waals surface area contributed by atoms with E-state index in [0.717, 1.165) is 6.04 Å². The molecule has 0 saturated heterocycles. The zero-order chi connectivity index (χ0) is 4.28. The Morgan fingerprint density at radius 3 is 1.80 bits per heavy atom. The van der Waals surface area contributed by atoms with E-state index >= 15 is 0 Å². The molecule has 0 unspecified atom stereocenters. The third-order valence-electron chi connectivity index (χ3n) is 0.224. The normalized spacial score (nSPS) is 7.60. The van der Waals surface area contributed by atoms with E-state index in [1.807, 2.05) is 0 Å². The van der Waals surface area contributed by atoms with Crippen LogP contribution in [0.15, 0.2) is 0 Å². The number of nitrogens with zero attached hydrogens (tertiary/aromatic N) is 1. The van der Waals surface area contributed by atoms with Crippen molar-refractivity contribution in [1.29, 1.82) is 0 Å². The van der Waals surface area contributed by atoms with Gasteiger partial charge in [0.1, 0.15) is 0 Å². The Morgan fingerprint density at radius 1 is 1.60 bits per heavy atom. The van der Waals surface area contributed by atoms with Gasteiger partial charge in [0.05, 0.1) is 0 Å². The van der Waals surface area contributed by atoms with E-state index in [2.05, 4.69) is 4.85 Å². The highest BCUT2D eigenvalue weighted by Gasteiger charge is 1.88. The van der Waals surface area contributed by atoms with Crippen molar-refractivity contribution in [2.75, 3.05) is 0 Å². The maximum atomic E-state index is 6.25. The summed E-state index contributed by atoms with van der Waals surface area (Å²) >= 11 is 0. The Morgan fingerprint density at radius 2 is 1.80 bits per heavy atom. The van der Waals surface area contributed by atoms with Gasteiger partial charge in [-0.25, -0.2) is 6.57 Å². The largest absolute Gasteiger partial charge is 0.302 e. The van der Waals surface area contributed by atoms with E-state index < -0.39 is 0 Å². The number of hydrogen-bond acceptors (Lipinski definition) is 0. The molecule has 0 aliphatic rings. The lowest BCUT2D eigenvalue weighted by Crippen LogP contribution is -1.63. The van der Waals surface area contributed by atoms with Gasteiger partial charge in [-0.3, -0.25) is 0 Å². The molecular weight excluding hydrogens is 62.1 g/mol. The second-order valence-electron chi connectivity index (χ2n) is 1.06. The van der Waals surface area contributed by atoms with Crippen molar-refractivity contribution in [3.63, 3.8) is 0 Å². The van der Waals surface area contributed by atoms with Crippen molar-refractivity contribution in [3.05, 3.63) is 17.5 Å². The molecule has 0 aliphatic heterocycles. The summed E-state index contributed by atoms with van der Waals surface area (Å²) in [6.07, 6.45) is 0. The quantitative estimate of drug-likeness (QED) is 0.379. The van der Waals surface area contributed by atoms with Crippen LogP contribution in [0.25, 0.3) is 4.85 Å². The molecule has 0 bridgehead atoms. The van der Waals surface area contributed by atoms with Gasteiger partial charge in [-0.05, 0) is 0 Å². The summed E-state index contributed by atoms with van der Waals surface area (Å²) in [7, 11) is 0. The smallest absolute Gasteiger partial charge is 0.302 e. The van der Waals surface area contributed by atoms with Crippen LogP contribution in [0, 0.1) is 12.6 Å². The fraction of sp³-hybridized carbons (Fsp3) is 0.500. The first kappa shape index (κ1) is 4.49. The molecule has 1 heteroatoms. The van der Waals surface area contributed by atoms with Crippen LogP contribution in [0.3, 0.4) is 0 Å². The second kappa shape index (κ2) is 1.78. The van der Waals surface area contributed by atoms with Gasteiger partial charge in [0.15, 0.2) is 0 Å². The number of rotatable bonds is 0. The van der Waals surface area contributed by atoms with Crippen molar-refractivity contribution in [2.45, 2.75) is 13.8 Å². The fourth-order valence-corrected chi connectivity index (χ4v) is 0. The van der Waals surface area contributed by atoms with E-state index in [0.29, 0.717) is 0 Å². The molecule has 1 radical (unpaired) electrons. The first-order chi connectivity index (χ1) is 2.27. The van der Waals surface area contributed by atoms with Gasteiger partial charge in [0.25, 0.3) is 0 Å². The Labute approximate surface area is 32.4 Å². The molecule has 0 saturated carbocycles. The average Bonchev–Trinajstić information content (AvgIpc) is 1.38. The van der Waals surface area contributed by atoms with Crippen molar-refractivity contribution < 1.29 is 0 Å². The van der Waals surface area contributed by atoms with Crippen LogP contribution in [-0.2, 0) is 0 Å². The van der Waals surface area contributed by atoms with Gasteiger partial charge in [-0.15, -0.1) is 0 Å². The summed E-state index contributed by atoms with van der Waals surface area (Å²) in [6, 6.07) is 0.796. The van der Waals surface area contributed by atoms with Crippen LogP contribution in [-0.4, -0.2) is 0 Å². The van der Waals surface area contributed by atoms with Gasteiger partial charge in [-0.1, -0.05) is 0 Å². The van der Waals surface area contributed by atoms with Crippen molar-refractivity contribution >= 4 is 0 Å². The molecule has 0 spiro atoms. The molecule has 27 valence electrons. The minimum atomic E-state index is 0.796. The lowest BCUT2D eigenvalue weighted by atomic mass is 10.4. The highest BCUT2D eigenvalue weighted by Crippen LogP contribution is 1.91. The van der Waals surface area contributed by atoms with Crippen LogP contribution in [0.1, 0.15) is 13.8 Å². The van der Waals surface area contributed by atoms with Gasteiger partial charge in [-0.2, -0.15) is 0 Å². The van der Waals surface area contributed by atoms with E-state index in [9.17, 15) is 0 Å². The molecule has 0 rings (SSSR count). The lowest BCUT2D eigenvalue weighted by molar-refractivity contribution is 1.20. The molecule has 0 amide bonds. The van der Waals surface area contributed by atoms with Gasteiger partial charge in [0, 0.05) is 13.8 Å². The molecule has 0 N–H and O–H groups in total. The minimum Gasteiger partial charge on any atom is -0.302 e. The summed E-state index contributed by atoms with van der Waals surface area (Å²) < 4.78 is 0. The third kappa shape index (κ3) is 3.49. The SMILES string of the molecule is [C-]#[N+][C](C)C. The van der Waals surface area contributed by atoms with Crippen molar-refractivity contribution in [3.8, 4) is 0 Å². The van der Waals surface area contributed by atoms with Crippen molar-refractivity contribution in [2.24, 2.45) is 0 Å². The van der Waals surface area contributed by atoms with Crippen LogP contribution in [0.2, 0.25) is 0 Å². The molecule has 0 aromatic carbocycles. The van der Waals surface area contributed by atoms with Gasteiger partial charge in [0.2, 0.25) is 0 Å². The Bertz CT molecular complexity index is 49.2. The average molecular weight is 68.1 g/mol. The molecule has 0 aliphatic carbocycles. The molecule has 0 atom stereocenters. The zero-order valence-corrected chi connectivity index (χ0v) is 3.45. The van der Waals surface area contributed by atoms with Crippen LogP contribution in [0.4, 0.5) is 0 Å². The molecule has 1 nitrogen and oxygen atoms in total. The minimum absolute atomic E-state index is 0.796. The van der Waals surface area contributed by atoms with E-state index in [-0.39, 0.29) is 0 Å². The Balaban J connectivity index is 2.94. The van der Waals surface area contributed by atoms with E-state index in [1.165, 1.54) is 0 Å². The second-order valence-corrected chi connectivity index (χ2v) is 1.06. The first-order valence-electron chi connectivity index (χ1n) is 1.45. The van der Waals surface area contributed by atoms with E-state index in [4.69, 9.17) is 6.57 Å². The summed E-state index contributed by atoms with van der Waals surface area (Å²) in [5.41, 5.74) is 0. The molecule has 0 fully saturated rings. The highest BCUT2D eigenvalue weighted by atomic mass is 14.7. The molecule has 0 heterocycles. The Kier molecular flexibility index (Phi) is 1.60. The number of hydrogen-bond donors (Lipinski definition) is 0. The van der Waals surface area contributed by atoms with Crippen molar-refractivity contribution in [1.82, 2.24) is 0 Å². The van der Waals surface area contributed by atoms with Crippen LogP contribution < -0.4 is 0 Å². The standard InChI is InChI=1S/C4H6N/c1-4(2)5-3/h1-2H3. The molecule has 5 heavy (non-hydrogen) atoms. The predicted octanol–water partition coefficient (Wildman–Crippen LogP) is 1.48. The Hall–Kier alpha value is -0.510. The van der Waals surface area contributed by atoms with Gasteiger partial charge >= 0.3 is 6.04 Å². The summed E-state index contributed by atoms with van der Waals surface area (Å²) in [6.45, 7) is 9.81. The predicted molar refractivity (Wildman–Crippen MR) is 21.2 cm³/mol.